The van der Waals surface area contributed by atoms with Gasteiger partial charge in [0.15, 0.2) is 0 Å². The maximum atomic E-state index is 12.9. The van der Waals surface area contributed by atoms with Crippen LogP contribution in [0.15, 0.2) is 79.5 Å². The van der Waals surface area contributed by atoms with E-state index in [0.717, 1.165) is 39.0 Å². The predicted molar refractivity (Wildman–Crippen MR) is 163 cm³/mol. The molecule has 0 aliphatic heterocycles. The highest BCUT2D eigenvalue weighted by Gasteiger charge is 2.14. The summed E-state index contributed by atoms with van der Waals surface area (Å²) in [6.45, 7) is 3.76. The van der Waals surface area contributed by atoms with Crippen molar-refractivity contribution in [1.29, 1.82) is 0 Å². The summed E-state index contributed by atoms with van der Waals surface area (Å²) in [5, 5.41) is 7.47. The van der Waals surface area contributed by atoms with E-state index in [0.29, 0.717) is 41.1 Å². The number of fused-ring (bicyclic) bond motifs is 1. The monoisotopic (exact) mass is 556 g/mol. The van der Waals surface area contributed by atoms with Gasteiger partial charge in [0.2, 0.25) is 5.91 Å². The third-order valence-corrected chi connectivity index (χ3v) is 6.75. The molecule has 0 radical (unpaired) electrons. The second kappa shape index (κ2) is 11.4. The third kappa shape index (κ3) is 5.75. The number of carbonyl (C=O) groups is 1. The molecule has 0 spiro atoms. The highest BCUT2D eigenvalue weighted by Crippen LogP contribution is 2.32. The Morgan fingerprint density at radius 2 is 1.69 bits per heavy atom. The molecule has 208 valence electrons. The Hall–Kier alpha value is -5.71. The number of rotatable bonds is 8. The highest BCUT2D eigenvalue weighted by molar-refractivity contribution is 5.95. The minimum atomic E-state index is -0.229. The molecule has 5 heterocycles. The molecule has 0 bridgehead atoms. The summed E-state index contributed by atoms with van der Waals surface area (Å²) >= 11 is 0. The Morgan fingerprint density at radius 3 is 2.55 bits per heavy atom. The summed E-state index contributed by atoms with van der Waals surface area (Å²) in [4.78, 5) is 42.7. The molecule has 11 nitrogen and oxygen atoms in total. The SMILES string of the molecule is Cc1nc(NC(=O)CCc2nc(N)cc(-c3cnccc3C)n2)cc(-c2cnccc2Nc2cccc3[nH]ccc23)n1. The second-order valence-electron chi connectivity index (χ2n) is 9.81. The Balaban J connectivity index is 1.19. The molecule has 0 aliphatic rings. The number of anilines is 4. The van der Waals surface area contributed by atoms with E-state index in [2.05, 4.69) is 45.5 Å². The number of nitrogens with zero attached hydrogens (tertiary/aromatic N) is 6. The van der Waals surface area contributed by atoms with E-state index >= 15 is 0 Å². The number of aromatic amines is 1. The van der Waals surface area contributed by atoms with Crippen molar-refractivity contribution in [1.82, 2.24) is 34.9 Å². The molecule has 6 aromatic rings. The molecule has 0 saturated heterocycles. The van der Waals surface area contributed by atoms with Crippen molar-refractivity contribution in [3.05, 3.63) is 96.7 Å². The summed E-state index contributed by atoms with van der Waals surface area (Å²) in [6, 6.07) is 15.3. The van der Waals surface area contributed by atoms with Gasteiger partial charge in [-0.25, -0.2) is 19.9 Å². The van der Waals surface area contributed by atoms with E-state index in [-0.39, 0.29) is 12.3 Å². The van der Waals surface area contributed by atoms with E-state index in [1.807, 2.05) is 49.5 Å². The van der Waals surface area contributed by atoms with E-state index in [9.17, 15) is 4.79 Å². The van der Waals surface area contributed by atoms with Crippen LogP contribution in [0.5, 0.6) is 0 Å². The van der Waals surface area contributed by atoms with Gasteiger partial charge in [-0.3, -0.25) is 14.8 Å². The van der Waals surface area contributed by atoms with Gasteiger partial charge in [-0.15, -0.1) is 0 Å². The molecule has 0 unspecified atom stereocenters. The summed E-state index contributed by atoms with van der Waals surface area (Å²) in [7, 11) is 0. The van der Waals surface area contributed by atoms with E-state index in [1.54, 1.807) is 43.8 Å². The van der Waals surface area contributed by atoms with Crippen molar-refractivity contribution in [3.8, 4) is 22.5 Å². The van der Waals surface area contributed by atoms with Gasteiger partial charge in [0.05, 0.1) is 17.1 Å². The van der Waals surface area contributed by atoms with Crippen LogP contribution in [0.1, 0.15) is 23.6 Å². The van der Waals surface area contributed by atoms with Crippen molar-refractivity contribution in [3.63, 3.8) is 0 Å². The van der Waals surface area contributed by atoms with Crippen molar-refractivity contribution < 1.29 is 4.79 Å². The molecule has 5 aromatic heterocycles. The lowest BCUT2D eigenvalue weighted by molar-refractivity contribution is -0.116. The summed E-state index contributed by atoms with van der Waals surface area (Å²) < 4.78 is 0. The number of carbonyl (C=O) groups excluding carboxylic acids is 1. The maximum absolute atomic E-state index is 12.9. The fourth-order valence-electron chi connectivity index (χ4n) is 4.75. The topological polar surface area (TPSA) is 160 Å². The fraction of sp³-hybridized carbons (Fsp3) is 0.129. The predicted octanol–water partition coefficient (Wildman–Crippen LogP) is 5.39. The second-order valence-corrected chi connectivity index (χ2v) is 9.81. The molecular weight excluding hydrogens is 528 g/mol. The molecule has 0 aliphatic carbocycles. The molecule has 0 atom stereocenters. The number of H-pyrrole nitrogens is 1. The molecule has 1 aromatic carbocycles. The van der Waals surface area contributed by atoms with Gasteiger partial charge in [0.25, 0.3) is 0 Å². The zero-order valence-electron chi connectivity index (χ0n) is 23.1. The third-order valence-electron chi connectivity index (χ3n) is 6.75. The van der Waals surface area contributed by atoms with Gasteiger partial charge in [-0.05, 0) is 49.7 Å². The van der Waals surface area contributed by atoms with Crippen LogP contribution >= 0.6 is 0 Å². The quantitative estimate of drug-likeness (QED) is 0.193. The molecule has 42 heavy (non-hydrogen) atoms. The minimum Gasteiger partial charge on any atom is -0.384 e. The first kappa shape index (κ1) is 26.5. The van der Waals surface area contributed by atoms with Crippen LogP contribution in [0.4, 0.5) is 23.0 Å². The number of nitrogens with two attached hydrogens (primary N) is 1. The lowest BCUT2D eigenvalue weighted by Gasteiger charge is -2.14. The molecule has 0 fully saturated rings. The summed E-state index contributed by atoms with van der Waals surface area (Å²) in [5.41, 5.74) is 12.8. The number of amides is 1. The maximum Gasteiger partial charge on any atom is 0.225 e. The van der Waals surface area contributed by atoms with E-state index < -0.39 is 0 Å². The Morgan fingerprint density at radius 1 is 0.881 bits per heavy atom. The minimum absolute atomic E-state index is 0.146. The number of nitrogens with one attached hydrogen (secondary N) is 3. The first-order valence-corrected chi connectivity index (χ1v) is 13.4. The van der Waals surface area contributed by atoms with Crippen LogP contribution in [-0.4, -0.2) is 40.8 Å². The Labute approximate surface area is 241 Å². The zero-order chi connectivity index (χ0) is 29.1. The first-order chi connectivity index (χ1) is 20.4. The van der Waals surface area contributed by atoms with Crippen molar-refractivity contribution in [2.75, 3.05) is 16.4 Å². The average Bonchev–Trinajstić information content (AvgIpc) is 3.46. The van der Waals surface area contributed by atoms with Crippen LogP contribution < -0.4 is 16.4 Å². The summed E-state index contributed by atoms with van der Waals surface area (Å²) in [6.07, 6.45) is 9.29. The largest absolute Gasteiger partial charge is 0.384 e. The number of pyridine rings is 2. The number of aromatic nitrogens is 7. The Bertz CT molecular complexity index is 1920. The number of aryl methyl sites for hydroxylation is 3. The summed E-state index contributed by atoms with van der Waals surface area (Å²) in [5.74, 6) is 1.49. The number of hydrogen-bond donors (Lipinski definition) is 4. The standard InChI is InChI=1S/C31H28N10O/c1-18-8-11-33-16-21(18)26-14-28(32)40-29(39-26)6-7-31(42)41-30-15-27(36-19(2)37-30)22-17-34-12-10-25(22)38-24-5-3-4-23-20(24)9-13-35-23/h3-5,8-17,35H,6-7H2,1-2H3,(H,34,38)(H2,32,39,40)(H,36,37,41,42). The smallest absolute Gasteiger partial charge is 0.225 e. The number of nitrogen functional groups attached to an aromatic ring is 1. The molecule has 5 N–H and O–H groups in total. The lowest BCUT2D eigenvalue weighted by Crippen LogP contribution is -2.15. The molecule has 11 heteroatoms. The van der Waals surface area contributed by atoms with Gasteiger partial charge in [-0.1, -0.05) is 6.07 Å². The van der Waals surface area contributed by atoms with E-state index in [1.165, 1.54) is 0 Å². The van der Waals surface area contributed by atoms with Crippen LogP contribution in [0.25, 0.3) is 33.4 Å². The number of hydrogen-bond acceptors (Lipinski definition) is 9. The number of benzene rings is 1. The Kier molecular flexibility index (Phi) is 7.21. The van der Waals surface area contributed by atoms with Crippen LogP contribution in [-0.2, 0) is 11.2 Å². The van der Waals surface area contributed by atoms with E-state index in [4.69, 9.17) is 5.73 Å². The van der Waals surface area contributed by atoms with Crippen molar-refractivity contribution >= 4 is 39.8 Å². The van der Waals surface area contributed by atoms with Crippen molar-refractivity contribution in [2.24, 2.45) is 0 Å². The molecule has 1 amide bonds. The lowest BCUT2D eigenvalue weighted by atomic mass is 10.1. The average molecular weight is 557 g/mol. The highest BCUT2D eigenvalue weighted by atomic mass is 16.1. The van der Waals surface area contributed by atoms with Gasteiger partial charge >= 0.3 is 0 Å². The molecule has 6 rings (SSSR count). The first-order valence-electron chi connectivity index (χ1n) is 13.4. The van der Waals surface area contributed by atoms with Gasteiger partial charge < -0.3 is 21.4 Å². The van der Waals surface area contributed by atoms with Gasteiger partial charge in [-0.2, -0.15) is 0 Å². The zero-order valence-corrected chi connectivity index (χ0v) is 23.1. The van der Waals surface area contributed by atoms with Crippen LogP contribution in [0.3, 0.4) is 0 Å². The fourth-order valence-corrected chi connectivity index (χ4v) is 4.75. The van der Waals surface area contributed by atoms with Crippen LogP contribution in [0, 0.1) is 13.8 Å². The normalized spacial score (nSPS) is 11.0. The van der Waals surface area contributed by atoms with Crippen molar-refractivity contribution in [2.45, 2.75) is 26.7 Å². The molecule has 0 saturated carbocycles. The van der Waals surface area contributed by atoms with Crippen LogP contribution in [0.2, 0.25) is 0 Å². The van der Waals surface area contributed by atoms with Gasteiger partial charge in [0.1, 0.15) is 23.3 Å². The molecular formula is C31H28N10O. The van der Waals surface area contributed by atoms with Gasteiger partial charge in [0, 0.05) is 83.7 Å².